The topological polar surface area (TPSA) is 218 Å². The molecule has 0 aliphatic carbocycles. The molecule has 3 heterocycles. The number of H-pyrrole nitrogens is 1. The Balaban J connectivity index is 1.26. The number of carbonyl (C=O) groups excluding carboxylic acids is 3. The lowest BCUT2D eigenvalue weighted by Gasteiger charge is -2.50. The van der Waals surface area contributed by atoms with Gasteiger partial charge in [0.25, 0.3) is 5.56 Å². The molecule has 0 bridgehead atoms. The molecule has 1 aliphatic heterocycles. The number of anilines is 1. The third kappa shape index (κ3) is 7.83. The number of aromatic amines is 1. The van der Waals surface area contributed by atoms with Crippen LogP contribution in [0.1, 0.15) is 47.1 Å². The van der Waals surface area contributed by atoms with E-state index >= 15 is 0 Å². The zero-order valence-corrected chi connectivity index (χ0v) is 31.4. The Bertz CT molecular complexity index is 2370. The molecule has 1 amide bonds. The number of morpholine rings is 1. The molecule has 16 heteroatoms. The Labute approximate surface area is 331 Å². The van der Waals surface area contributed by atoms with Crippen LogP contribution in [0.25, 0.3) is 11.2 Å². The minimum atomic E-state index is -1.06. The SMILES string of the molecule is CC(C)C(=O)Nc1nc2c(ncn2C2CN(C(c3ccccc3)(c3ccccc3)c3ccccc3)CC(COC(=O)COC(=O)c3cc(O)c(O)c(O)c3)O2)c(=O)[nH]1. The van der Waals surface area contributed by atoms with Crippen molar-refractivity contribution < 1.29 is 43.9 Å². The minimum absolute atomic E-state index is 0.0174. The zero-order chi connectivity index (χ0) is 41.0. The van der Waals surface area contributed by atoms with E-state index in [9.17, 15) is 34.5 Å². The van der Waals surface area contributed by atoms with Crippen molar-refractivity contribution in [3.05, 3.63) is 142 Å². The van der Waals surface area contributed by atoms with Gasteiger partial charge in [0.2, 0.25) is 11.9 Å². The van der Waals surface area contributed by atoms with Crippen LogP contribution in [-0.2, 0) is 29.3 Å². The number of fused-ring (bicyclic) bond motifs is 1. The first kappa shape index (κ1) is 39.2. The Morgan fingerprint density at radius 2 is 1.45 bits per heavy atom. The molecule has 0 saturated carbocycles. The smallest absolute Gasteiger partial charge is 0.344 e. The van der Waals surface area contributed by atoms with Crippen molar-refractivity contribution in [3.63, 3.8) is 0 Å². The molecule has 1 fully saturated rings. The monoisotopic (exact) mass is 788 g/mol. The van der Waals surface area contributed by atoms with E-state index in [0.29, 0.717) is 0 Å². The van der Waals surface area contributed by atoms with Gasteiger partial charge in [0.1, 0.15) is 18.9 Å². The van der Waals surface area contributed by atoms with Crippen molar-refractivity contribution in [2.24, 2.45) is 5.92 Å². The number of imidazole rings is 1. The maximum absolute atomic E-state index is 13.2. The molecule has 7 rings (SSSR count). The summed E-state index contributed by atoms with van der Waals surface area (Å²) in [6, 6.07) is 31.6. The number of hydrogen-bond donors (Lipinski definition) is 5. The van der Waals surface area contributed by atoms with Gasteiger partial charge in [0.05, 0.1) is 17.4 Å². The van der Waals surface area contributed by atoms with Gasteiger partial charge in [-0.1, -0.05) is 105 Å². The van der Waals surface area contributed by atoms with Gasteiger partial charge in [-0.25, -0.2) is 14.6 Å². The first-order valence-electron chi connectivity index (χ1n) is 18.4. The number of hydrogen-bond acceptors (Lipinski definition) is 13. The molecule has 2 aromatic heterocycles. The lowest BCUT2D eigenvalue weighted by atomic mass is 9.75. The van der Waals surface area contributed by atoms with Crippen LogP contribution in [0.5, 0.6) is 17.2 Å². The number of phenolic OH excluding ortho intramolecular Hbond substituents is 3. The minimum Gasteiger partial charge on any atom is -0.504 e. The second-order valence-corrected chi connectivity index (χ2v) is 13.9. The van der Waals surface area contributed by atoms with E-state index < -0.39 is 59.2 Å². The lowest BCUT2D eigenvalue weighted by molar-refractivity contribution is -0.171. The van der Waals surface area contributed by atoms with E-state index in [1.54, 1.807) is 18.4 Å². The van der Waals surface area contributed by atoms with Crippen molar-refractivity contribution in [3.8, 4) is 17.2 Å². The van der Waals surface area contributed by atoms with Gasteiger partial charge >= 0.3 is 11.9 Å². The predicted molar refractivity (Wildman–Crippen MR) is 209 cm³/mol. The summed E-state index contributed by atoms with van der Waals surface area (Å²) in [7, 11) is 0. The van der Waals surface area contributed by atoms with Gasteiger partial charge in [-0.05, 0) is 28.8 Å². The van der Waals surface area contributed by atoms with Crippen molar-refractivity contribution in [1.82, 2.24) is 24.4 Å². The highest BCUT2D eigenvalue weighted by Crippen LogP contribution is 2.45. The summed E-state index contributed by atoms with van der Waals surface area (Å²) in [5, 5.41) is 31.8. The number of nitrogens with one attached hydrogen (secondary N) is 2. The fourth-order valence-corrected chi connectivity index (χ4v) is 7.04. The Morgan fingerprint density at radius 1 is 0.879 bits per heavy atom. The summed E-state index contributed by atoms with van der Waals surface area (Å²) in [6.07, 6.45) is -0.265. The number of carbonyl (C=O) groups is 3. The van der Waals surface area contributed by atoms with Crippen molar-refractivity contribution >= 4 is 35.0 Å². The molecular weight excluding hydrogens is 748 g/mol. The molecule has 2 unspecified atom stereocenters. The van der Waals surface area contributed by atoms with Crippen LogP contribution < -0.4 is 10.9 Å². The second-order valence-electron chi connectivity index (χ2n) is 13.9. The molecule has 58 heavy (non-hydrogen) atoms. The van der Waals surface area contributed by atoms with Crippen LogP contribution in [-0.4, -0.2) is 90.0 Å². The first-order chi connectivity index (χ1) is 27.9. The largest absolute Gasteiger partial charge is 0.504 e. The van der Waals surface area contributed by atoms with E-state index in [1.165, 1.54) is 6.33 Å². The van der Waals surface area contributed by atoms with Crippen LogP contribution >= 0.6 is 0 Å². The summed E-state index contributed by atoms with van der Waals surface area (Å²) >= 11 is 0. The molecule has 0 radical (unpaired) electrons. The van der Waals surface area contributed by atoms with Gasteiger partial charge in [-0.2, -0.15) is 4.98 Å². The Kier molecular flexibility index (Phi) is 11.2. The summed E-state index contributed by atoms with van der Waals surface area (Å²) in [5.74, 6) is -5.06. The number of ether oxygens (including phenoxy) is 3. The van der Waals surface area contributed by atoms with Gasteiger partial charge < -0.3 is 29.5 Å². The van der Waals surface area contributed by atoms with Crippen LogP contribution in [0.4, 0.5) is 5.95 Å². The van der Waals surface area contributed by atoms with Crippen LogP contribution in [0, 0.1) is 5.92 Å². The van der Waals surface area contributed by atoms with E-state index in [4.69, 9.17) is 14.2 Å². The average Bonchev–Trinajstić information content (AvgIpc) is 3.67. The van der Waals surface area contributed by atoms with E-state index in [0.717, 1.165) is 28.8 Å². The molecule has 298 valence electrons. The van der Waals surface area contributed by atoms with Crippen LogP contribution in [0.15, 0.2) is 114 Å². The number of aromatic nitrogens is 4. The maximum atomic E-state index is 13.2. The highest BCUT2D eigenvalue weighted by molar-refractivity contribution is 5.92. The number of aromatic hydroxyl groups is 3. The predicted octanol–water partition coefficient (Wildman–Crippen LogP) is 4.42. The average molecular weight is 789 g/mol. The van der Waals surface area contributed by atoms with Crippen LogP contribution in [0.3, 0.4) is 0 Å². The Morgan fingerprint density at radius 3 is 2.00 bits per heavy atom. The molecule has 16 nitrogen and oxygen atoms in total. The fourth-order valence-electron chi connectivity index (χ4n) is 7.04. The number of rotatable bonds is 12. The summed E-state index contributed by atoms with van der Waals surface area (Å²) in [6.45, 7) is 2.74. The van der Waals surface area contributed by atoms with Crippen molar-refractivity contribution in [2.45, 2.75) is 31.7 Å². The quantitative estimate of drug-likeness (QED) is 0.0660. The van der Waals surface area contributed by atoms with E-state index in [-0.39, 0.29) is 54.2 Å². The lowest BCUT2D eigenvalue weighted by Crippen LogP contribution is -2.57. The third-order valence-corrected chi connectivity index (χ3v) is 9.76. The summed E-state index contributed by atoms with van der Waals surface area (Å²) in [4.78, 5) is 65.2. The maximum Gasteiger partial charge on any atom is 0.344 e. The fraction of sp³-hybridized carbons (Fsp3) is 0.238. The number of phenols is 3. The molecular formula is C42H40N6O10. The molecule has 1 aliphatic rings. The van der Waals surface area contributed by atoms with Crippen molar-refractivity contribution in [2.75, 3.05) is 31.6 Å². The van der Waals surface area contributed by atoms with Crippen molar-refractivity contribution in [1.29, 1.82) is 0 Å². The van der Waals surface area contributed by atoms with E-state index in [1.807, 2.05) is 91.0 Å². The molecule has 5 N–H and O–H groups in total. The number of benzene rings is 4. The van der Waals surface area contributed by atoms with Gasteiger partial charge in [-0.3, -0.25) is 29.4 Å². The molecule has 0 spiro atoms. The molecule has 2 atom stereocenters. The van der Waals surface area contributed by atoms with Gasteiger partial charge in [0.15, 0.2) is 35.0 Å². The normalized spacial score (nSPS) is 15.9. The second kappa shape index (κ2) is 16.6. The highest BCUT2D eigenvalue weighted by atomic mass is 16.6. The zero-order valence-electron chi connectivity index (χ0n) is 31.4. The van der Waals surface area contributed by atoms with Crippen LogP contribution in [0.2, 0.25) is 0 Å². The third-order valence-electron chi connectivity index (χ3n) is 9.76. The number of esters is 2. The molecule has 4 aromatic carbocycles. The standard InChI is InChI=1S/C42H40N6O10/c1-25(2)38(53)45-41-44-37-35(39(54)46-41)43-24-48(37)33-21-47(20-30(58-33)22-56-34(51)23-57-40(55)26-18-31(49)36(52)32(50)19-26)42(27-12-6-3-7-13-27,28-14-8-4-9-15-28)29-16-10-5-11-17-29/h3-19,24-25,30,33,49-50,52H,20-23H2,1-2H3,(H2,44,45,46,53,54). The Hall–Kier alpha value is -7.04. The molecule has 6 aromatic rings. The molecule has 1 saturated heterocycles. The highest BCUT2D eigenvalue weighted by Gasteiger charge is 2.47. The number of amides is 1. The summed E-state index contributed by atoms with van der Waals surface area (Å²) in [5.41, 5.74) is 1.16. The summed E-state index contributed by atoms with van der Waals surface area (Å²) < 4.78 is 18.9. The van der Waals surface area contributed by atoms with E-state index in [2.05, 4.69) is 25.2 Å². The number of nitrogens with zero attached hydrogens (tertiary/aromatic N) is 4. The van der Waals surface area contributed by atoms with Gasteiger partial charge in [0, 0.05) is 19.0 Å². The van der Waals surface area contributed by atoms with Gasteiger partial charge in [-0.15, -0.1) is 0 Å². The first-order valence-corrected chi connectivity index (χ1v) is 18.4.